The van der Waals surface area contributed by atoms with E-state index in [-0.39, 0.29) is 11.9 Å². The van der Waals surface area contributed by atoms with Crippen molar-refractivity contribution in [2.75, 3.05) is 14.2 Å². The third-order valence-corrected chi connectivity index (χ3v) is 1.12. The van der Waals surface area contributed by atoms with Crippen molar-refractivity contribution in [2.24, 2.45) is 5.92 Å². The van der Waals surface area contributed by atoms with E-state index in [1.807, 2.05) is 0 Å². The summed E-state index contributed by atoms with van der Waals surface area (Å²) in [6, 6.07) is 0. The summed E-state index contributed by atoms with van der Waals surface area (Å²) in [7, 11) is 3.16. The molecule has 0 heterocycles. The fourth-order valence-corrected chi connectivity index (χ4v) is 0.505. The first-order valence-electron chi connectivity index (χ1n) is 3.14. The highest BCUT2D eigenvalue weighted by Gasteiger charge is 2.07. The zero-order valence-corrected chi connectivity index (χ0v) is 6.55. The smallest absolute Gasteiger partial charge is 0.312 e. The van der Waals surface area contributed by atoms with Gasteiger partial charge in [0.05, 0.1) is 13.0 Å². The summed E-state index contributed by atoms with van der Waals surface area (Å²) in [5, 5.41) is 2.79. The molecule has 0 rings (SSSR count). The second-order valence-corrected chi connectivity index (χ2v) is 1.96. The van der Waals surface area contributed by atoms with E-state index in [9.17, 15) is 4.79 Å². The van der Waals surface area contributed by atoms with E-state index in [4.69, 9.17) is 0 Å². The largest absolute Gasteiger partial charge is 0.469 e. The van der Waals surface area contributed by atoms with Crippen molar-refractivity contribution in [3.8, 4) is 0 Å². The molecule has 1 unspecified atom stereocenters. The molecule has 0 bridgehead atoms. The lowest BCUT2D eigenvalue weighted by atomic mass is 10.2. The summed E-state index contributed by atoms with van der Waals surface area (Å²) < 4.78 is 4.49. The van der Waals surface area contributed by atoms with Gasteiger partial charge in [0.25, 0.3) is 0 Å². The number of hydrogen-bond acceptors (Lipinski definition) is 3. The number of ether oxygens (including phenoxy) is 1. The molecule has 0 fully saturated rings. The molecule has 0 saturated heterocycles. The third kappa shape index (κ3) is 3.12. The number of carbonyl (C=O) groups excluding carboxylic acids is 1. The van der Waals surface area contributed by atoms with E-state index in [0.29, 0.717) is 0 Å². The van der Waals surface area contributed by atoms with Crippen LogP contribution in [-0.2, 0) is 9.53 Å². The summed E-state index contributed by atoms with van der Waals surface area (Å²) >= 11 is 0. The van der Waals surface area contributed by atoms with Crippen molar-refractivity contribution in [3.63, 3.8) is 0 Å². The van der Waals surface area contributed by atoms with E-state index in [1.165, 1.54) is 7.11 Å². The summed E-state index contributed by atoms with van der Waals surface area (Å²) in [6.07, 6.45) is 3.45. The Hall–Kier alpha value is -0.990. The lowest BCUT2D eigenvalue weighted by Crippen LogP contribution is -2.10. The number of rotatable bonds is 3. The van der Waals surface area contributed by atoms with E-state index in [2.05, 4.69) is 10.1 Å². The van der Waals surface area contributed by atoms with Crippen molar-refractivity contribution in [1.82, 2.24) is 5.32 Å². The molecule has 0 aromatic rings. The van der Waals surface area contributed by atoms with Crippen LogP contribution in [0.1, 0.15) is 6.92 Å². The number of hydrogen-bond donors (Lipinski definition) is 1. The summed E-state index contributed by atoms with van der Waals surface area (Å²) in [5.41, 5.74) is 0. The van der Waals surface area contributed by atoms with E-state index in [1.54, 1.807) is 26.2 Å². The average Bonchev–Trinajstić information content (AvgIpc) is 1.98. The minimum Gasteiger partial charge on any atom is -0.469 e. The van der Waals surface area contributed by atoms with Gasteiger partial charge in [-0.15, -0.1) is 0 Å². The first kappa shape index (κ1) is 9.01. The SMILES string of the molecule is CN/C=C\C(C)C(=O)OC. The van der Waals surface area contributed by atoms with Crippen LogP contribution in [0.5, 0.6) is 0 Å². The number of carbonyl (C=O) groups is 1. The minimum atomic E-state index is -0.216. The summed E-state index contributed by atoms with van der Waals surface area (Å²) in [4.78, 5) is 10.7. The van der Waals surface area contributed by atoms with Crippen LogP contribution >= 0.6 is 0 Å². The lowest BCUT2D eigenvalue weighted by molar-refractivity contribution is -0.143. The van der Waals surface area contributed by atoms with Crippen molar-refractivity contribution in [2.45, 2.75) is 6.92 Å². The minimum absolute atomic E-state index is 0.169. The molecule has 0 spiro atoms. The number of methoxy groups -OCH3 is 1. The number of esters is 1. The summed E-state index contributed by atoms with van der Waals surface area (Å²) in [6.45, 7) is 1.78. The normalized spacial score (nSPS) is 13.1. The molecule has 0 aliphatic rings. The Balaban J connectivity index is 3.72. The molecule has 0 aliphatic heterocycles. The molecule has 0 saturated carbocycles. The van der Waals surface area contributed by atoms with Crippen LogP contribution in [0.15, 0.2) is 12.3 Å². The van der Waals surface area contributed by atoms with Crippen LogP contribution in [-0.4, -0.2) is 20.1 Å². The molecule has 3 nitrogen and oxygen atoms in total. The van der Waals surface area contributed by atoms with Crippen molar-refractivity contribution >= 4 is 5.97 Å². The van der Waals surface area contributed by atoms with Gasteiger partial charge in [0, 0.05) is 7.05 Å². The molecule has 0 amide bonds. The first-order chi connectivity index (χ1) is 4.72. The molecule has 3 heteroatoms. The fraction of sp³-hybridized carbons (Fsp3) is 0.571. The Morgan fingerprint density at radius 3 is 2.70 bits per heavy atom. The van der Waals surface area contributed by atoms with E-state index >= 15 is 0 Å². The molecule has 10 heavy (non-hydrogen) atoms. The van der Waals surface area contributed by atoms with Gasteiger partial charge in [-0.1, -0.05) is 6.08 Å². The molecule has 58 valence electrons. The van der Waals surface area contributed by atoms with Crippen LogP contribution < -0.4 is 5.32 Å². The van der Waals surface area contributed by atoms with Gasteiger partial charge in [0.2, 0.25) is 0 Å². The topological polar surface area (TPSA) is 38.3 Å². The van der Waals surface area contributed by atoms with Gasteiger partial charge >= 0.3 is 5.97 Å². The molecule has 1 atom stereocenters. The Bertz CT molecular complexity index is 132. The quantitative estimate of drug-likeness (QED) is 0.585. The van der Waals surface area contributed by atoms with Crippen molar-refractivity contribution in [3.05, 3.63) is 12.3 Å². The van der Waals surface area contributed by atoms with Gasteiger partial charge < -0.3 is 10.1 Å². The Morgan fingerprint density at radius 1 is 1.70 bits per heavy atom. The van der Waals surface area contributed by atoms with Gasteiger partial charge in [0.15, 0.2) is 0 Å². The highest BCUT2D eigenvalue weighted by molar-refractivity contribution is 5.73. The molecule has 1 N–H and O–H groups in total. The van der Waals surface area contributed by atoms with E-state index in [0.717, 1.165) is 0 Å². The second kappa shape index (κ2) is 4.85. The molecule has 0 aromatic carbocycles. The maximum Gasteiger partial charge on any atom is 0.312 e. The summed E-state index contributed by atoms with van der Waals surface area (Å²) in [5.74, 6) is -0.385. The predicted molar refractivity (Wildman–Crippen MR) is 39.4 cm³/mol. The monoisotopic (exact) mass is 143 g/mol. The molecular weight excluding hydrogens is 130 g/mol. The Kier molecular flexibility index (Phi) is 4.37. The zero-order chi connectivity index (χ0) is 7.98. The lowest BCUT2D eigenvalue weighted by Gasteiger charge is -2.01. The van der Waals surface area contributed by atoms with Crippen LogP contribution in [0.4, 0.5) is 0 Å². The van der Waals surface area contributed by atoms with Crippen LogP contribution in [0.3, 0.4) is 0 Å². The Morgan fingerprint density at radius 2 is 2.30 bits per heavy atom. The third-order valence-electron chi connectivity index (χ3n) is 1.12. The second-order valence-electron chi connectivity index (χ2n) is 1.96. The maximum absolute atomic E-state index is 10.7. The molecule has 0 aromatic heterocycles. The fourth-order valence-electron chi connectivity index (χ4n) is 0.505. The van der Waals surface area contributed by atoms with Gasteiger partial charge in [-0.3, -0.25) is 4.79 Å². The number of nitrogens with one attached hydrogen (secondary N) is 1. The zero-order valence-electron chi connectivity index (χ0n) is 6.55. The highest BCUT2D eigenvalue weighted by atomic mass is 16.5. The van der Waals surface area contributed by atoms with Gasteiger partial charge in [-0.25, -0.2) is 0 Å². The molecular formula is C7H13NO2. The Labute approximate surface area is 61.1 Å². The van der Waals surface area contributed by atoms with Crippen LogP contribution in [0, 0.1) is 5.92 Å². The molecule has 0 aliphatic carbocycles. The van der Waals surface area contributed by atoms with Crippen LogP contribution in [0.25, 0.3) is 0 Å². The van der Waals surface area contributed by atoms with Crippen molar-refractivity contribution in [1.29, 1.82) is 0 Å². The first-order valence-corrected chi connectivity index (χ1v) is 3.14. The average molecular weight is 143 g/mol. The van der Waals surface area contributed by atoms with Gasteiger partial charge in [0.1, 0.15) is 0 Å². The van der Waals surface area contributed by atoms with Crippen LogP contribution in [0.2, 0.25) is 0 Å². The molecule has 0 radical (unpaired) electrons. The highest BCUT2D eigenvalue weighted by Crippen LogP contribution is 1.97. The van der Waals surface area contributed by atoms with Gasteiger partial charge in [-0.05, 0) is 13.1 Å². The predicted octanol–water partition coefficient (Wildman–Crippen LogP) is 0.529. The van der Waals surface area contributed by atoms with Gasteiger partial charge in [-0.2, -0.15) is 0 Å². The standard InChI is InChI=1S/C7H13NO2/c1-6(4-5-8-2)7(9)10-3/h4-6,8H,1-3H3/b5-4-. The van der Waals surface area contributed by atoms with Crippen molar-refractivity contribution < 1.29 is 9.53 Å². The maximum atomic E-state index is 10.7. The van der Waals surface area contributed by atoms with E-state index < -0.39 is 0 Å².